The molecule has 1 fully saturated rings. The van der Waals surface area contributed by atoms with Crippen LogP contribution in [-0.4, -0.2) is 4.57 Å². The maximum absolute atomic E-state index is 2.66. The number of aromatic nitrogens is 2. The van der Waals surface area contributed by atoms with Crippen LogP contribution in [0.15, 0.2) is 42.5 Å². The van der Waals surface area contributed by atoms with Crippen molar-refractivity contribution < 1.29 is 4.57 Å². The Labute approximate surface area is 163 Å². The summed E-state index contributed by atoms with van der Waals surface area (Å²) in [5.74, 6) is 1.37. The minimum Gasteiger partial charge on any atom is -0.226 e. The fourth-order valence-corrected chi connectivity index (χ4v) is 4.69. The molecule has 1 aromatic heterocycles. The van der Waals surface area contributed by atoms with Crippen molar-refractivity contribution >= 4 is 11.0 Å². The second-order valence-electron chi connectivity index (χ2n) is 9.31. The van der Waals surface area contributed by atoms with Crippen molar-refractivity contribution in [1.82, 2.24) is 4.57 Å². The van der Waals surface area contributed by atoms with E-state index in [0.717, 1.165) is 0 Å². The Morgan fingerprint density at radius 1 is 0.963 bits per heavy atom. The van der Waals surface area contributed by atoms with E-state index in [1.165, 1.54) is 65.7 Å². The zero-order chi connectivity index (χ0) is 19.2. The Morgan fingerprint density at radius 2 is 1.67 bits per heavy atom. The summed E-state index contributed by atoms with van der Waals surface area (Å²) in [4.78, 5) is 0. The summed E-state index contributed by atoms with van der Waals surface area (Å²) in [7, 11) is 2.24. The lowest BCUT2D eigenvalue weighted by molar-refractivity contribution is -0.634. The van der Waals surface area contributed by atoms with Crippen LogP contribution in [0.1, 0.15) is 70.0 Å². The zero-order valence-corrected chi connectivity index (χ0v) is 17.5. The van der Waals surface area contributed by atoms with E-state index in [9.17, 15) is 0 Å². The quantitative estimate of drug-likeness (QED) is 0.477. The molecular weight excluding hydrogens is 328 g/mol. The Kier molecular flexibility index (Phi) is 4.61. The molecule has 0 saturated heterocycles. The van der Waals surface area contributed by atoms with Crippen molar-refractivity contribution in [3.63, 3.8) is 0 Å². The Balaban J connectivity index is 2.00. The third-order valence-corrected chi connectivity index (χ3v) is 6.33. The summed E-state index contributed by atoms with van der Waals surface area (Å²) in [6, 6.07) is 16.6. The van der Waals surface area contributed by atoms with E-state index in [1.54, 1.807) is 0 Å². The molecule has 0 atom stereocenters. The summed E-state index contributed by atoms with van der Waals surface area (Å²) in [6.07, 6.45) is 6.67. The van der Waals surface area contributed by atoms with Gasteiger partial charge in [-0.05, 0) is 67.3 Å². The molecule has 0 N–H and O–H groups in total. The second kappa shape index (κ2) is 6.82. The van der Waals surface area contributed by atoms with E-state index in [1.807, 2.05) is 0 Å². The summed E-state index contributed by atoms with van der Waals surface area (Å²) in [6.45, 7) is 9.17. The van der Waals surface area contributed by atoms with Crippen molar-refractivity contribution in [3.05, 3.63) is 53.6 Å². The van der Waals surface area contributed by atoms with E-state index in [2.05, 4.69) is 86.3 Å². The Bertz CT molecular complexity index is 966. The number of benzene rings is 2. The molecule has 4 rings (SSSR count). The molecular formula is C25H33N2+. The first-order valence-electron chi connectivity index (χ1n) is 10.5. The van der Waals surface area contributed by atoms with Crippen molar-refractivity contribution in [2.75, 3.05) is 0 Å². The number of rotatable bonds is 2. The molecule has 2 aromatic carbocycles. The van der Waals surface area contributed by atoms with Gasteiger partial charge in [-0.1, -0.05) is 51.5 Å². The lowest BCUT2D eigenvalue weighted by Crippen LogP contribution is -2.31. The standard InChI is InChI=1S/C25H33N2/c1-18-15-16-19(25(2,3)4)17-21(18)24-26(5)22-13-9-10-14-23(22)27(24)20-11-7-6-8-12-20/h9-10,13-17,20H,6-8,11-12H2,1-5H3/q+1. The monoisotopic (exact) mass is 361 g/mol. The third-order valence-electron chi connectivity index (χ3n) is 6.33. The van der Waals surface area contributed by atoms with Crippen LogP contribution in [0.5, 0.6) is 0 Å². The van der Waals surface area contributed by atoms with Gasteiger partial charge in [0, 0.05) is 0 Å². The number of nitrogens with zero attached hydrogens (tertiary/aromatic N) is 2. The highest BCUT2D eigenvalue weighted by Gasteiger charge is 2.32. The van der Waals surface area contributed by atoms with Crippen LogP contribution >= 0.6 is 0 Å². The van der Waals surface area contributed by atoms with E-state index in [-0.39, 0.29) is 5.41 Å². The second-order valence-corrected chi connectivity index (χ2v) is 9.31. The molecule has 0 aliphatic heterocycles. The van der Waals surface area contributed by atoms with Gasteiger partial charge in [0.05, 0.1) is 12.6 Å². The maximum Gasteiger partial charge on any atom is 0.290 e. The number of fused-ring (bicyclic) bond motifs is 1. The van der Waals surface area contributed by atoms with Crippen molar-refractivity contribution in [1.29, 1.82) is 0 Å². The smallest absolute Gasteiger partial charge is 0.226 e. The molecule has 2 nitrogen and oxygen atoms in total. The number of hydrogen-bond donors (Lipinski definition) is 0. The summed E-state index contributed by atoms with van der Waals surface area (Å²) in [5, 5.41) is 0. The van der Waals surface area contributed by atoms with Gasteiger partial charge in [-0.25, -0.2) is 9.13 Å². The number of para-hydroxylation sites is 2. The Morgan fingerprint density at radius 3 is 2.37 bits per heavy atom. The molecule has 27 heavy (non-hydrogen) atoms. The summed E-state index contributed by atoms with van der Waals surface area (Å²) >= 11 is 0. The lowest BCUT2D eigenvalue weighted by Gasteiger charge is -2.23. The van der Waals surface area contributed by atoms with Crippen LogP contribution in [0.2, 0.25) is 0 Å². The van der Waals surface area contributed by atoms with Crippen LogP contribution in [0.3, 0.4) is 0 Å². The predicted octanol–water partition coefficient (Wildman–Crippen LogP) is 6.24. The van der Waals surface area contributed by atoms with Gasteiger partial charge >= 0.3 is 0 Å². The molecule has 1 heterocycles. The van der Waals surface area contributed by atoms with Gasteiger partial charge in [-0.3, -0.25) is 0 Å². The first-order valence-corrected chi connectivity index (χ1v) is 10.5. The summed E-state index contributed by atoms with van der Waals surface area (Å²) in [5.41, 5.74) is 7.01. The number of hydrogen-bond acceptors (Lipinski definition) is 0. The third kappa shape index (κ3) is 3.20. The van der Waals surface area contributed by atoms with Gasteiger partial charge in [0.1, 0.15) is 6.04 Å². The lowest BCUT2D eigenvalue weighted by atomic mass is 9.85. The van der Waals surface area contributed by atoms with Crippen molar-refractivity contribution in [2.45, 2.75) is 71.3 Å². The minimum absolute atomic E-state index is 0.155. The van der Waals surface area contributed by atoms with Crippen LogP contribution in [0.25, 0.3) is 22.4 Å². The molecule has 1 saturated carbocycles. The molecule has 0 unspecified atom stereocenters. The average molecular weight is 362 g/mol. The van der Waals surface area contributed by atoms with E-state index < -0.39 is 0 Å². The molecule has 142 valence electrons. The highest BCUT2D eigenvalue weighted by atomic mass is 15.2. The Hall–Kier alpha value is -2.09. The van der Waals surface area contributed by atoms with Gasteiger partial charge in [0.2, 0.25) is 0 Å². The van der Waals surface area contributed by atoms with Gasteiger partial charge in [-0.2, -0.15) is 0 Å². The first kappa shape index (κ1) is 18.3. The van der Waals surface area contributed by atoms with Crippen molar-refractivity contribution in [2.24, 2.45) is 7.05 Å². The number of aryl methyl sites for hydroxylation is 2. The van der Waals surface area contributed by atoms with E-state index in [0.29, 0.717) is 6.04 Å². The molecule has 0 amide bonds. The molecule has 2 heteroatoms. The van der Waals surface area contributed by atoms with Crippen LogP contribution in [-0.2, 0) is 12.5 Å². The SMILES string of the molecule is Cc1ccc(C(C)(C)C)cc1-c1n(C2CCCCC2)c2ccccc2[n+]1C. The molecule has 1 aliphatic rings. The molecule has 1 aliphatic carbocycles. The topological polar surface area (TPSA) is 8.81 Å². The van der Waals surface area contributed by atoms with Crippen LogP contribution in [0, 0.1) is 6.92 Å². The first-order chi connectivity index (χ1) is 12.9. The highest BCUT2D eigenvalue weighted by molar-refractivity contribution is 5.77. The average Bonchev–Trinajstić information content (AvgIpc) is 2.95. The predicted molar refractivity (Wildman–Crippen MR) is 114 cm³/mol. The van der Waals surface area contributed by atoms with E-state index in [4.69, 9.17) is 0 Å². The highest BCUT2D eigenvalue weighted by Crippen LogP contribution is 2.37. The van der Waals surface area contributed by atoms with Crippen molar-refractivity contribution in [3.8, 4) is 11.4 Å². The molecule has 0 bridgehead atoms. The van der Waals surface area contributed by atoms with E-state index >= 15 is 0 Å². The molecule has 0 radical (unpaired) electrons. The van der Waals surface area contributed by atoms with Crippen LogP contribution < -0.4 is 4.57 Å². The maximum atomic E-state index is 2.66. The van der Waals surface area contributed by atoms with Crippen LogP contribution in [0.4, 0.5) is 0 Å². The van der Waals surface area contributed by atoms with Gasteiger partial charge in [0.25, 0.3) is 5.82 Å². The van der Waals surface area contributed by atoms with Gasteiger partial charge in [0.15, 0.2) is 11.0 Å². The minimum atomic E-state index is 0.155. The fourth-order valence-electron chi connectivity index (χ4n) is 4.69. The number of imidazole rings is 1. The normalized spacial score (nSPS) is 16.2. The summed E-state index contributed by atoms with van der Waals surface area (Å²) < 4.78 is 5.07. The van der Waals surface area contributed by atoms with Gasteiger partial charge < -0.3 is 0 Å². The largest absolute Gasteiger partial charge is 0.290 e. The fraction of sp³-hybridized carbons (Fsp3) is 0.480. The molecule has 3 aromatic rings. The van der Waals surface area contributed by atoms with Gasteiger partial charge in [-0.15, -0.1) is 0 Å². The molecule has 0 spiro atoms. The zero-order valence-electron chi connectivity index (χ0n) is 17.5.